The van der Waals surface area contributed by atoms with E-state index in [2.05, 4.69) is 11.8 Å². The molecule has 0 saturated carbocycles. The number of halogens is 1. The van der Waals surface area contributed by atoms with Crippen LogP contribution >= 0.6 is 24.6 Å². The second kappa shape index (κ2) is 4.91. The average Bonchev–Trinajstić information content (AvgIpc) is 2.36. The van der Waals surface area contributed by atoms with E-state index in [1.165, 1.54) is 25.9 Å². The Labute approximate surface area is 79.5 Å². The molecule has 0 amide bonds. The van der Waals surface area contributed by atoms with Crippen molar-refractivity contribution in [3.05, 3.63) is 0 Å². The Hall–Kier alpha value is 0.140. The van der Waals surface area contributed by atoms with Crippen molar-refractivity contribution in [1.29, 1.82) is 0 Å². The number of hydrogen-bond donors (Lipinski definition) is 1. The van der Waals surface area contributed by atoms with Gasteiger partial charge in [0.2, 0.25) is 0 Å². The monoisotopic (exact) mass is 194 g/mol. The zero-order valence-corrected chi connectivity index (χ0v) is 8.38. The molecule has 2 nitrogen and oxygen atoms in total. The van der Waals surface area contributed by atoms with Gasteiger partial charge in [-0.05, 0) is 32.9 Å². The smallest absolute Gasteiger partial charge is 0.0899 e. The van der Waals surface area contributed by atoms with E-state index in [0.717, 1.165) is 0 Å². The highest BCUT2D eigenvalue weighted by Crippen LogP contribution is 2.10. The molecular weight excluding hydrogens is 180 g/mol. The maximum Gasteiger partial charge on any atom is 0.0899 e. The molecule has 0 aromatic carbocycles. The zero-order chi connectivity index (χ0) is 7.56. The second-order valence-corrected chi connectivity index (χ2v) is 3.29. The Balaban J connectivity index is 0.000001000. The Morgan fingerprint density at radius 3 is 2.27 bits per heavy atom. The fraction of sp³-hybridized carbons (Fsp3) is 0.857. The highest BCUT2D eigenvalue weighted by atomic mass is 35.5. The molecule has 1 fully saturated rings. The molecule has 1 unspecified atom stereocenters. The standard InChI is InChI=1S/C7H14N2S.ClH/c1-6(7(8)10)9-4-2-3-5-9;/h6H,2-5H2,1H3,(H2,8,10);1H. The summed E-state index contributed by atoms with van der Waals surface area (Å²) in [5.74, 6) is 0. The molecule has 0 radical (unpaired) electrons. The molecule has 1 saturated heterocycles. The van der Waals surface area contributed by atoms with Crippen LogP contribution in [0.15, 0.2) is 0 Å². The summed E-state index contributed by atoms with van der Waals surface area (Å²) >= 11 is 4.89. The van der Waals surface area contributed by atoms with Gasteiger partial charge in [0.1, 0.15) is 0 Å². The second-order valence-electron chi connectivity index (χ2n) is 2.82. The van der Waals surface area contributed by atoms with E-state index in [4.69, 9.17) is 18.0 Å². The molecule has 0 bridgehead atoms. The van der Waals surface area contributed by atoms with E-state index in [9.17, 15) is 0 Å². The highest BCUT2D eigenvalue weighted by Gasteiger charge is 2.19. The van der Waals surface area contributed by atoms with Gasteiger partial charge in [-0.1, -0.05) is 12.2 Å². The van der Waals surface area contributed by atoms with Gasteiger partial charge in [0.05, 0.1) is 11.0 Å². The Morgan fingerprint density at radius 1 is 1.45 bits per heavy atom. The maximum atomic E-state index is 5.51. The normalized spacial score (nSPS) is 20.8. The van der Waals surface area contributed by atoms with E-state index >= 15 is 0 Å². The summed E-state index contributed by atoms with van der Waals surface area (Å²) in [5, 5.41) is 0. The number of thiocarbonyl (C=S) groups is 1. The summed E-state index contributed by atoms with van der Waals surface area (Å²) in [6, 6.07) is 0.303. The molecule has 66 valence electrons. The summed E-state index contributed by atoms with van der Waals surface area (Å²) in [6.07, 6.45) is 2.60. The van der Waals surface area contributed by atoms with Gasteiger partial charge in [-0.3, -0.25) is 4.90 Å². The van der Waals surface area contributed by atoms with Gasteiger partial charge >= 0.3 is 0 Å². The third kappa shape index (κ3) is 2.93. The largest absolute Gasteiger partial charge is 0.392 e. The summed E-state index contributed by atoms with van der Waals surface area (Å²) < 4.78 is 0. The lowest BCUT2D eigenvalue weighted by Crippen LogP contribution is -2.39. The lowest BCUT2D eigenvalue weighted by Gasteiger charge is -2.21. The van der Waals surface area contributed by atoms with Gasteiger partial charge in [-0.15, -0.1) is 12.4 Å². The highest BCUT2D eigenvalue weighted by molar-refractivity contribution is 7.80. The fourth-order valence-corrected chi connectivity index (χ4v) is 1.46. The van der Waals surface area contributed by atoms with Crippen molar-refractivity contribution < 1.29 is 0 Å². The van der Waals surface area contributed by atoms with Gasteiger partial charge in [-0.25, -0.2) is 0 Å². The molecular formula is C7H15ClN2S. The predicted octanol–water partition coefficient (Wildman–Crippen LogP) is 1.18. The van der Waals surface area contributed by atoms with Crippen LogP contribution in [-0.4, -0.2) is 29.0 Å². The van der Waals surface area contributed by atoms with Crippen LogP contribution in [0.1, 0.15) is 19.8 Å². The van der Waals surface area contributed by atoms with Gasteiger partial charge in [0.15, 0.2) is 0 Å². The molecule has 2 N–H and O–H groups in total. The van der Waals surface area contributed by atoms with Crippen molar-refractivity contribution in [1.82, 2.24) is 4.90 Å². The fourth-order valence-electron chi connectivity index (χ4n) is 1.31. The number of likely N-dealkylation sites (tertiary alicyclic amines) is 1. The van der Waals surface area contributed by atoms with Crippen LogP contribution in [-0.2, 0) is 0 Å². The first-order chi connectivity index (χ1) is 4.72. The average molecular weight is 195 g/mol. The first-order valence-corrected chi connectivity index (χ1v) is 4.16. The maximum absolute atomic E-state index is 5.51. The number of nitrogens with zero attached hydrogens (tertiary/aromatic N) is 1. The van der Waals surface area contributed by atoms with Gasteiger partial charge < -0.3 is 5.73 Å². The molecule has 1 heterocycles. The summed E-state index contributed by atoms with van der Waals surface area (Å²) in [6.45, 7) is 4.41. The summed E-state index contributed by atoms with van der Waals surface area (Å²) in [5.41, 5.74) is 5.51. The molecule has 0 aliphatic carbocycles. The van der Waals surface area contributed by atoms with Crippen molar-refractivity contribution in [3.63, 3.8) is 0 Å². The van der Waals surface area contributed by atoms with Crippen molar-refractivity contribution >= 4 is 29.6 Å². The van der Waals surface area contributed by atoms with E-state index in [1.807, 2.05) is 0 Å². The van der Waals surface area contributed by atoms with Crippen LogP contribution in [0, 0.1) is 0 Å². The van der Waals surface area contributed by atoms with Crippen molar-refractivity contribution in [2.45, 2.75) is 25.8 Å². The molecule has 0 aromatic rings. The molecule has 0 spiro atoms. The Bertz CT molecular complexity index is 134. The molecule has 1 aliphatic rings. The van der Waals surface area contributed by atoms with Crippen LogP contribution in [0.4, 0.5) is 0 Å². The predicted molar refractivity (Wildman–Crippen MR) is 54.3 cm³/mol. The minimum absolute atomic E-state index is 0. The lowest BCUT2D eigenvalue weighted by molar-refractivity contribution is 0.316. The third-order valence-electron chi connectivity index (χ3n) is 2.10. The van der Waals surface area contributed by atoms with Crippen LogP contribution in [0.3, 0.4) is 0 Å². The number of nitrogens with two attached hydrogens (primary N) is 1. The van der Waals surface area contributed by atoms with E-state index in [-0.39, 0.29) is 12.4 Å². The summed E-state index contributed by atoms with van der Waals surface area (Å²) in [4.78, 5) is 2.96. The number of rotatable bonds is 2. The van der Waals surface area contributed by atoms with E-state index in [1.54, 1.807) is 0 Å². The van der Waals surface area contributed by atoms with Crippen LogP contribution < -0.4 is 5.73 Å². The molecule has 1 rings (SSSR count). The van der Waals surface area contributed by atoms with Crippen LogP contribution in [0.5, 0.6) is 0 Å². The SMILES string of the molecule is CC(C(N)=S)N1CCCC1.Cl. The molecule has 0 aromatic heterocycles. The van der Waals surface area contributed by atoms with Crippen LogP contribution in [0.2, 0.25) is 0 Å². The minimum atomic E-state index is 0. The van der Waals surface area contributed by atoms with Crippen molar-refractivity contribution in [2.75, 3.05) is 13.1 Å². The van der Waals surface area contributed by atoms with Gasteiger partial charge in [0.25, 0.3) is 0 Å². The molecule has 1 atom stereocenters. The minimum Gasteiger partial charge on any atom is -0.392 e. The summed E-state index contributed by atoms with van der Waals surface area (Å²) in [7, 11) is 0. The van der Waals surface area contributed by atoms with E-state index < -0.39 is 0 Å². The van der Waals surface area contributed by atoms with E-state index in [0.29, 0.717) is 11.0 Å². The quantitative estimate of drug-likeness (QED) is 0.670. The topological polar surface area (TPSA) is 29.3 Å². The first kappa shape index (κ1) is 11.1. The zero-order valence-electron chi connectivity index (χ0n) is 6.75. The van der Waals surface area contributed by atoms with Gasteiger partial charge in [-0.2, -0.15) is 0 Å². The molecule has 4 heteroatoms. The third-order valence-corrected chi connectivity index (χ3v) is 2.44. The number of hydrogen-bond acceptors (Lipinski definition) is 2. The van der Waals surface area contributed by atoms with Gasteiger partial charge in [0, 0.05) is 0 Å². The van der Waals surface area contributed by atoms with Crippen molar-refractivity contribution in [3.8, 4) is 0 Å². The van der Waals surface area contributed by atoms with Crippen molar-refractivity contribution in [2.24, 2.45) is 5.73 Å². The Morgan fingerprint density at radius 2 is 1.91 bits per heavy atom. The molecule has 1 aliphatic heterocycles. The molecule has 11 heavy (non-hydrogen) atoms. The first-order valence-electron chi connectivity index (χ1n) is 3.75. The Kier molecular flexibility index (Phi) is 4.97. The lowest BCUT2D eigenvalue weighted by atomic mass is 10.3. The van der Waals surface area contributed by atoms with Crippen LogP contribution in [0.25, 0.3) is 0 Å².